The summed E-state index contributed by atoms with van der Waals surface area (Å²) in [5, 5.41) is 12.7. The number of hydrogen-bond acceptors (Lipinski definition) is 6. The number of thioether (sulfide) groups is 1. The van der Waals surface area contributed by atoms with Gasteiger partial charge in [-0.05, 0) is 37.3 Å². The van der Waals surface area contributed by atoms with Crippen LogP contribution < -0.4 is 5.32 Å². The topological polar surface area (TPSA) is 92.5 Å². The van der Waals surface area contributed by atoms with Gasteiger partial charge in [-0.25, -0.2) is 19.2 Å². The van der Waals surface area contributed by atoms with E-state index in [4.69, 9.17) is 4.74 Å². The molecular formula is C26H33F4N5O3SSi. The maximum absolute atomic E-state index is 14.8. The number of carbonyl (C=O) groups is 1. The molecule has 2 aromatic heterocycles. The van der Waals surface area contributed by atoms with Gasteiger partial charge in [0.2, 0.25) is 5.95 Å². The number of halogens is 4. The third-order valence-corrected chi connectivity index (χ3v) is 9.25. The smallest absolute Gasteiger partial charge is 0.419 e. The number of ether oxygens (including phenoxy) is 1. The van der Waals surface area contributed by atoms with E-state index < -0.39 is 31.7 Å². The summed E-state index contributed by atoms with van der Waals surface area (Å²) >= 11 is 1.17. The van der Waals surface area contributed by atoms with Crippen molar-refractivity contribution in [1.82, 2.24) is 19.4 Å². The van der Waals surface area contributed by atoms with Crippen LogP contribution in [0.5, 0.6) is 0 Å². The van der Waals surface area contributed by atoms with Gasteiger partial charge in [0.15, 0.2) is 0 Å². The third-order valence-electron chi connectivity index (χ3n) is 6.75. The van der Waals surface area contributed by atoms with Gasteiger partial charge in [-0.3, -0.25) is 0 Å². The fraction of sp³-hybridized carbons (Fsp3) is 0.500. The molecule has 1 aliphatic rings. The molecule has 1 aromatic carbocycles. The lowest BCUT2D eigenvalue weighted by Crippen LogP contribution is -2.44. The van der Waals surface area contributed by atoms with Crippen LogP contribution in [0.15, 0.2) is 29.4 Å². The first-order valence-electron chi connectivity index (χ1n) is 12.9. The zero-order chi connectivity index (χ0) is 29.2. The van der Waals surface area contributed by atoms with Crippen LogP contribution in [0.4, 0.5) is 28.3 Å². The van der Waals surface area contributed by atoms with Gasteiger partial charge in [-0.2, -0.15) is 13.2 Å². The predicted molar refractivity (Wildman–Crippen MR) is 150 cm³/mol. The highest BCUT2D eigenvalue weighted by Gasteiger charge is 2.37. The van der Waals surface area contributed by atoms with Crippen molar-refractivity contribution >= 4 is 42.8 Å². The summed E-state index contributed by atoms with van der Waals surface area (Å²) in [5.74, 6) is -0.519. The molecule has 1 amide bonds. The normalized spacial score (nSPS) is 16.5. The standard InChI is InChI=1S/C26H33F4N5O3SSi/c1-39-23-20(27)8-7-17-18(14-35(22(17)23)15-38-10-11-40(2,3)4)21-19(26(28,29)30)12-31-24(33-21)32-16-6-5-9-34(13-16)25(36)37/h7-8,12,14,16H,5-6,9-11,13,15H2,1-4H3,(H,36,37)(H,31,32,33)/t16-/m0/s1. The minimum absolute atomic E-state index is 0.0419. The Balaban J connectivity index is 1.77. The number of carboxylic acid groups (broad SMARTS) is 1. The van der Waals surface area contributed by atoms with Crippen LogP contribution in [0.3, 0.4) is 0 Å². The monoisotopic (exact) mass is 599 g/mol. The maximum atomic E-state index is 14.8. The number of alkyl halides is 3. The molecule has 0 spiro atoms. The molecule has 40 heavy (non-hydrogen) atoms. The van der Waals surface area contributed by atoms with Gasteiger partial charge in [0.25, 0.3) is 0 Å². The number of nitrogens with zero attached hydrogens (tertiary/aromatic N) is 4. The third kappa shape index (κ3) is 6.89. The summed E-state index contributed by atoms with van der Waals surface area (Å²) in [5.41, 5.74) is -0.767. The van der Waals surface area contributed by atoms with E-state index in [9.17, 15) is 27.5 Å². The second-order valence-electron chi connectivity index (χ2n) is 11.0. The van der Waals surface area contributed by atoms with E-state index in [1.54, 1.807) is 10.8 Å². The molecule has 218 valence electrons. The summed E-state index contributed by atoms with van der Waals surface area (Å²) in [6, 6.07) is 3.25. The number of likely N-dealkylation sites (tertiary alicyclic amines) is 1. The molecule has 3 heterocycles. The summed E-state index contributed by atoms with van der Waals surface area (Å²) in [6.45, 7) is 7.73. The lowest BCUT2D eigenvalue weighted by atomic mass is 10.1. The molecule has 0 bridgehead atoms. The first kappa shape index (κ1) is 30.1. The maximum Gasteiger partial charge on any atom is 0.419 e. The van der Waals surface area contributed by atoms with E-state index in [1.807, 2.05) is 0 Å². The number of aromatic nitrogens is 3. The molecule has 0 unspecified atom stereocenters. The van der Waals surface area contributed by atoms with Crippen LogP contribution in [-0.4, -0.2) is 70.7 Å². The number of piperidine rings is 1. The molecule has 3 aromatic rings. The second-order valence-corrected chi connectivity index (χ2v) is 17.4. The van der Waals surface area contributed by atoms with Gasteiger partial charge < -0.3 is 24.6 Å². The van der Waals surface area contributed by atoms with Gasteiger partial charge in [-0.15, -0.1) is 11.8 Å². The SMILES string of the molecule is CSc1c(F)ccc2c(-c3nc(N[C@H]4CCCN(C(=O)O)C4)ncc3C(F)(F)F)cn(COCC[Si](C)(C)C)c12. The Morgan fingerprint density at radius 1 is 1.30 bits per heavy atom. The van der Waals surface area contributed by atoms with E-state index in [0.29, 0.717) is 41.8 Å². The molecule has 8 nitrogen and oxygen atoms in total. The molecule has 14 heteroatoms. The zero-order valence-corrected chi connectivity index (χ0v) is 24.6. The first-order valence-corrected chi connectivity index (χ1v) is 17.8. The van der Waals surface area contributed by atoms with Gasteiger partial charge in [0.1, 0.15) is 18.1 Å². The fourth-order valence-electron chi connectivity index (χ4n) is 4.68. The first-order chi connectivity index (χ1) is 18.8. The van der Waals surface area contributed by atoms with Gasteiger partial charge in [-0.1, -0.05) is 19.6 Å². The van der Waals surface area contributed by atoms with Crippen LogP contribution in [0, 0.1) is 5.82 Å². The van der Waals surface area contributed by atoms with Crippen molar-refractivity contribution in [2.24, 2.45) is 0 Å². The van der Waals surface area contributed by atoms with Crippen molar-refractivity contribution in [3.63, 3.8) is 0 Å². The van der Waals surface area contributed by atoms with E-state index >= 15 is 0 Å². The van der Waals surface area contributed by atoms with Crippen molar-refractivity contribution in [3.8, 4) is 11.3 Å². The average molecular weight is 600 g/mol. The van der Waals surface area contributed by atoms with Crippen LogP contribution in [0.25, 0.3) is 22.2 Å². The van der Waals surface area contributed by atoms with Crippen molar-refractivity contribution in [1.29, 1.82) is 0 Å². The summed E-state index contributed by atoms with van der Waals surface area (Å²) in [6.07, 6.45) is -0.624. The molecule has 1 aliphatic heterocycles. The van der Waals surface area contributed by atoms with Gasteiger partial charge in [0.05, 0.1) is 16.1 Å². The number of benzene rings is 1. The molecule has 1 fully saturated rings. The van der Waals surface area contributed by atoms with E-state index in [0.717, 1.165) is 12.2 Å². The molecule has 2 N–H and O–H groups in total. The Morgan fingerprint density at radius 3 is 2.70 bits per heavy atom. The molecule has 0 aliphatic carbocycles. The number of amides is 1. The number of nitrogens with one attached hydrogen (secondary N) is 1. The lowest BCUT2D eigenvalue weighted by molar-refractivity contribution is -0.137. The minimum Gasteiger partial charge on any atom is -0.465 e. The Bertz CT molecular complexity index is 1380. The second kappa shape index (κ2) is 11.9. The molecule has 1 atom stereocenters. The summed E-state index contributed by atoms with van der Waals surface area (Å²) in [7, 11) is -1.37. The number of hydrogen-bond donors (Lipinski definition) is 2. The number of anilines is 1. The number of rotatable bonds is 9. The highest BCUT2D eigenvalue weighted by Crippen LogP contribution is 2.42. The summed E-state index contributed by atoms with van der Waals surface area (Å²) in [4.78, 5) is 21.1. The highest BCUT2D eigenvalue weighted by molar-refractivity contribution is 7.98. The largest absolute Gasteiger partial charge is 0.465 e. The Labute approximate surface area is 235 Å². The highest BCUT2D eigenvalue weighted by atomic mass is 32.2. The van der Waals surface area contributed by atoms with Crippen LogP contribution in [0.2, 0.25) is 25.7 Å². The predicted octanol–water partition coefficient (Wildman–Crippen LogP) is 6.84. The molecule has 4 rings (SSSR count). The Kier molecular flexibility index (Phi) is 9.00. The molecule has 0 saturated carbocycles. The van der Waals surface area contributed by atoms with Crippen molar-refractivity contribution in [3.05, 3.63) is 35.9 Å². The van der Waals surface area contributed by atoms with Crippen LogP contribution in [-0.2, 0) is 17.6 Å². The van der Waals surface area contributed by atoms with Crippen molar-refractivity contribution in [2.45, 2.75) is 62.4 Å². The van der Waals surface area contributed by atoms with Gasteiger partial charge in [0, 0.05) is 57.2 Å². The van der Waals surface area contributed by atoms with Gasteiger partial charge >= 0.3 is 12.3 Å². The number of fused-ring (bicyclic) bond motifs is 1. The van der Waals surface area contributed by atoms with E-state index in [2.05, 4.69) is 34.9 Å². The molecular weight excluding hydrogens is 566 g/mol. The lowest BCUT2D eigenvalue weighted by Gasteiger charge is -2.31. The minimum atomic E-state index is -4.75. The quantitative estimate of drug-likeness (QED) is 0.120. The van der Waals surface area contributed by atoms with Crippen molar-refractivity contribution in [2.75, 3.05) is 31.3 Å². The molecule has 0 radical (unpaired) electrons. The van der Waals surface area contributed by atoms with Crippen LogP contribution in [0.1, 0.15) is 18.4 Å². The Hall–Kier alpha value is -2.84. The van der Waals surface area contributed by atoms with E-state index in [1.165, 1.54) is 35.0 Å². The average Bonchev–Trinajstić information content (AvgIpc) is 3.24. The fourth-order valence-corrected chi connectivity index (χ4v) is 6.12. The Morgan fingerprint density at radius 2 is 2.05 bits per heavy atom. The summed E-state index contributed by atoms with van der Waals surface area (Å²) < 4.78 is 64.9. The van der Waals surface area contributed by atoms with Crippen LogP contribution >= 0.6 is 11.8 Å². The van der Waals surface area contributed by atoms with Crippen molar-refractivity contribution < 1.29 is 32.2 Å². The zero-order valence-electron chi connectivity index (χ0n) is 22.8. The molecule has 1 saturated heterocycles. The van der Waals surface area contributed by atoms with E-state index in [-0.39, 0.29) is 36.5 Å².